The molecule has 1 N–H and O–H groups in total. The average molecular weight is 470 g/mol. The highest BCUT2D eigenvalue weighted by Crippen LogP contribution is 2.22. The number of carbonyl (C=O) groups is 2. The molecule has 0 aromatic heterocycles. The molecule has 0 aliphatic carbocycles. The van der Waals surface area contributed by atoms with Gasteiger partial charge in [0.25, 0.3) is 0 Å². The maximum absolute atomic E-state index is 13.1. The zero-order chi connectivity index (χ0) is 25.2. The van der Waals surface area contributed by atoms with Crippen molar-refractivity contribution in [3.8, 4) is 0 Å². The van der Waals surface area contributed by atoms with Crippen molar-refractivity contribution in [2.75, 3.05) is 5.32 Å². The van der Waals surface area contributed by atoms with Crippen molar-refractivity contribution >= 4 is 40.7 Å². The van der Waals surface area contributed by atoms with E-state index in [1.807, 2.05) is 122 Å². The lowest BCUT2D eigenvalue weighted by molar-refractivity contribution is 0.102. The van der Waals surface area contributed by atoms with Gasteiger partial charge in [-0.1, -0.05) is 91.0 Å². The van der Waals surface area contributed by atoms with Crippen LogP contribution < -0.4 is 5.32 Å². The van der Waals surface area contributed by atoms with Gasteiger partial charge in [-0.2, -0.15) is 0 Å². The number of aldehydes is 1. The van der Waals surface area contributed by atoms with E-state index < -0.39 is 0 Å². The van der Waals surface area contributed by atoms with Gasteiger partial charge in [0.15, 0.2) is 12.1 Å². The summed E-state index contributed by atoms with van der Waals surface area (Å²) in [5.41, 5.74) is 4.45. The van der Waals surface area contributed by atoms with Crippen LogP contribution in [0.25, 0.3) is 22.9 Å². The Balaban J connectivity index is 1.38. The third-order valence-electron chi connectivity index (χ3n) is 5.71. The lowest BCUT2D eigenvalue weighted by Gasteiger charge is -2.07. The Morgan fingerprint density at radius 1 is 0.722 bits per heavy atom. The average Bonchev–Trinajstić information content (AvgIpc) is 2.92. The van der Waals surface area contributed by atoms with Gasteiger partial charge in [-0.3, -0.25) is 9.59 Å². The van der Waals surface area contributed by atoms with E-state index in [9.17, 15) is 9.59 Å². The van der Waals surface area contributed by atoms with Crippen LogP contribution in [-0.2, 0) is 0 Å². The van der Waals surface area contributed by atoms with Crippen LogP contribution in [0.2, 0.25) is 0 Å². The molecule has 0 spiro atoms. The summed E-state index contributed by atoms with van der Waals surface area (Å²) in [6.07, 6.45) is 14.4. The molecule has 0 aliphatic heterocycles. The minimum absolute atomic E-state index is 0.147. The Morgan fingerprint density at radius 3 is 2.08 bits per heavy atom. The van der Waals surface area contributed by atoms with Crippen LogP contribution in [0.1, 0.15) is 38.8 Å². The molecular formula is C33H27NO2. The summed E-state index contributed by atoms with van der Waals surface area (Å²) in [5.74, 6) is -0.147. The van der Waals surface area contributed by atoms with E-state index in [0.29, 0.717) is 16.7 Å². The van der Waals surface area contributed by atoms with Crippen LogP contribution in [0.4, 0.5) is 5.69 Å². The summed E-state index contributed by atoms with van der Waals surface area (Å²) in [4.78, 5) is 24.7. The number of benzene rings is 4. The van der Waals surface area contributed by atoms with Crippen LogP contribution in [0, 0.1) is 0 Å². The summed E-state index contributed by atoms with van der Waals surface area (Å²) >= 11 is 0. The fourth-order valence-corrected chi connectivity index (χ4v) is 3.81. The zero-order valence-corrected chi connectivity index (χ0v) is 20.1. The van der Waals surface area contributed by atoms with Crippen LogP contribution in [0.5, 0.6) is 0 Å². The topological polar surface area (TPSA) is 46.2 Å². The molecule has 176 valence electrons. The van der Waals surface area contributed by atoms with E-state index in [-0.39, 0.29) is 5.78 Å². The third kappa shape index (κ3) is 6.43. The quantitative estimate of drug-likeness (QED) is 0.116. The van der Waals surface area contributed by atoms with E-state index in [1.54, 1.807) is 19.1 Å². The molecule has 0 amide bonds. The normalized spacial score (nSPS) is 12.1. The maximum atomic E-state index is 13.1. The molecule has 0 radical (unpaired) electrons. The van der Waals surface area contributed by atoms with Crippen molar-refractivity contribution in [1.29, 1.82) is 0 Å². The van der Waals surface area contributed by atoms with Gasteiger partial charge in [0.05, 0.1) is 0 Å². The first-order valence-electron chi connectivity index (χ1n) is 11.8. The summed E-state index contributed by atoms with van der Waals surface area (Å²) in [6.45, 7) is 1.78. The Morgan fingerprint density at radius 2 is 1.36 bits per heavy atom. The lowest BCUT2D eigenvalue weighted by atomic mass is 9.95. The number of rotatable bonds is 9. The van der Waals surface area contributed by atoms with Gasteiger partial charge in [-0.25, -0.2) is 0 Å². The van der Waals surface area contributed by atoms with Gasteiger partial charge in [0.1, 0.15) is 0 Å². The molecule has 0 bridgehead atoms. The van der Waals surface area contributed by atoms with Gasteiger partial charge in [0, 0.05) is 23.0 Å². The first kappa shape index (κ1) is 24.4. The smallest absolute Gasteiger partial charge is 0.189 e. The van der Waals surface area contributed by atoms with Gasteiger partial charge in [-0.15, -0.1) is 0 Å². The number of carbonyl (C=O) groups excluding carboxylic acids is 2. The van der Waals surface area contributed by atoms with Crippen LogP contribution in [0.3, 0.4) is 0 Å². The molecule has 4 aromatic rings. The molecule has 36 heavy (non-hydrogen) atoms. The second-order valence-corrected chi connectivity index (χ2v) is 8.34. The minimum atomic E-state index is -0.147. The number of ketones is 1. The van der Waals surface area contributed by atoms with Crippen LogP contribution in [-0.4, -0.2) is 12.1 Å². The standard InChI is InChI=1S/C33H27NO2/c1-25(33(36)32-23-29-13-9-8-12-28(29)22-30(32)24-35)21-27-18-16-26(17-19-27)11-5-2-3-10-20-34-31-14-6-4-7-15-31/h2-24,34H,1H3/b3-2-,11-5-,20-10+,25-21-. The zero-order valence-electron chi connectivity index (χ0n) is 20.1. The maximum Gasteiger partial charge on any atom is 0.189 e. The number of allylic oxidation sites excluding steroid dienone is 5. The van der Waals surface area contributed by atoms with Crippen LogP contribution >= 0.6 is 0 Å². The highest BCUT2D eigenvalue weighted by Gasteiger charge is 2.14. The van der Waals surface area contributed by atoms with Gasteiger partial charge in [0.2, 0.25) is 0 Å². The van der Waals surface area contributed by atoms with Crippen molar-refractivity contribution in [3.05, 3.63) is 149 Å². The fraction of sp³-hybridized carbons (Fsp3) is 0.0303. The van der Waals surface area contributed by atoms with E-state index in [1.165, 1.54) is 0 Å². The molecule has 0 unspecified atom stereocenters. The molecule has 0 saturated carbocycles. The molecule has 4 rings (SSSR count). The monoisotopic (exact) mass is 469 g/mol. The number of anilines is 1. The molecule has 0 atom stereocenters. The Hall–Kier alpha value is -4.76. The minimum Gasteiger partial charge on any atom is -0.362 e. The molecule has 3 nitrogen and oxygen atoms in total. The van der Waals surface area contributed by atoms with Crippen molar-refractivity contribution in [2.45, 2.75) is 6.92 Å². The van der Waals surface area contributed by atoms with E-state index in [0.717, 1.165) is 33.9 Å². The molecule has 3 heteroatoms. The van der Waals surface area contributed by atoms with Gasteiger partial charge in [-0.05, 0) is 70.8 Å². The van der Waals surface area contributed by atoms with Gasteiger partial charge < -0.3 is 5.32 Å². The Labute approximate surface area is 211 Å². The van der Waals surface area contributed by atoms with Crippen molar-refractivity contribution in [3.63, 3.8) is 0 Å². The SMILES string of the molecule is C/C(=C/c1ccc(\C=C/C=C\C=C\Nc2ccccc2)cc1)C(=O)c1cc2ccccc2cc1C=O. The lowest BCUT2D eigenvalue weighted by Crippen LogP contribution is -2.05. The predicted molar refractivity (Wildman–Crippen MR) is 151 cm³/mol. The van der Waals surface area contributed by atoms with Crippen molar-refractivity contribution < 1.29 is 9.59 Å². The largest absolute Gasteiger partial charge is 0.362 e. The summed E-state index contributed by atoms with van der Waals surface area (Å²) in [5, 5.41) is 5.08. The Kier molecular flexibility index (Phi) is 8.18. The van der Waals surface area contributed by atoms with E-state index in [4.69, 9.17) is 0 Å². The number of Topliss-reactive ketones (excluding diaryl/α,β-unsaturated/α-hetero) is 1. The highest BCUT2D eigenvalue weighted by molar-refractivity contribution is 6.16. The van der Waals surface area contributed by atoms with Crippen molar-refractivity contribution in [2.24, 2.45) is 0 Å². The second kappa shape index (κ2) is 12.1. The molecule has 0 saturated heterocycles. The van der Waals surface area contributed by atoms with E-state index in [2.05, 4.69) is 5.32 Å². The molecular weight excluding hydrogens is 442 g/mol. The number of hydrogen-bond donors (Lipinski definition) is 1. The summed E-state index contributed by atoms with van der Waals surface area (Å²) < 4.78 is 0. The number of nitrogens with one attached hydrogen (secondary N) is 1. The predicted octanol–water partition coefficient (Wildman–Crippen LogP) is 8.13. The van der Waals surface area contributed by atoms with Gasteiger partial charge >= 0.3 is 0 Å². The number of hydrogen-bond acceptors (Lipinski definition) is 3. The van der Waals surface area contributed by atoms with E-state index >= 15 is 0 Å². The summed E-state index contributed by atoms with van der Waals surface area (Å²) in [6, 6.07) is 29.2. The van der Waals surface area contributed by atoms with Crippen LogP contribution in [0.15, 0.2) is 127 Å². The molecule has 0 heterocycles. The first-order chi connectivity index (χ1) is 17.6. The fourth-order valence-electron chi connectivity index (χ4n) is 3.81. The number of fused-ring (bicyclic) bond motifs is 1. The summed E-state index contributed by atoms with van der Waals surface area (Å²) in [7, 11) is 0. The Bertz CT molecular complexity index is 1470. The van der Waals surface area contributed by atoms with Crippen molar-refractivity contribution in [1.82, 2.24) is 0 Å². The highest BCUT2D eigenvalue weighted by atomic mass is 16.1. The molecule has 4 aromatic carbocycles. The molecule has 0 fully saturated rings. The number of para-hydroxylation sites is 1. The molecule has 0 aliphatic rings. The first-order valence-corrected chi connectivity index (χ1v) is 11.8. The third-order valence-corrected chi connectivity index (χ3v) is 5.71. The second-order valence-electron chi connectivity index (χ2n) is 8.34.